The number of rotatable bonds is 8. The largest absolute Gasteiger partial charge is 0.481 e. The molecule has 0 aliphatic carbocycles. The zero-order chi connectivity index (χ0) is 18.4. The number of carboxylic acid groups (broad SMARTS) is 1. The quantitative estimate of drug-likeness (QED) is 0.522. The Morgan fingerprint density at radius 2 is 2.00 bits per heavy atom. The van der Waals surface area contributed by atoms with Gasteiger partial charge >= 0.3 is 5.97 Å². The summed E-state index contributed by atoms with van der Waals surface area (Å²) in [6.07, 6.45) is 3.93. The first-order valence-corrected chi connectivity index (χ1v) is 9.09. The van der Waals surface area contributed by atoms with Crippen LogP contribution in [0.15, 0.2) is 53.9 Å². The Balaban J connectivity index is 1.59. The molecule has 0 bridgehead atoms. The number of H-pyrrole nitrogens is 1. The number of nitrogens with zero attached hydrogens (tertiary/aromatic N) is 3. The molecule has 2 aromatic heterocycles. The molecule has 8 heteroatoms. The van der Waals surface area contributed by atoms with Crippen molar-refractivity contribution in [3.63, 3.8) is 0 Å². The van der Waals surface area contributed by atoms with E-state index in [0.717, 1.165) is 22.4 Å². The average molecular weight is 369 g/mol. The van der Waals surface area contributed by atoms with Gasteiger partial charge in [-0.3, -0.25) is 14.9 Å². The van der Waals surface area contributed by atoms with Crippen LogP contribution in [0.4, 0.5) is 0 Å². The van der Waals surface area contributed by atoms with Crippen molar-refractivity contribution >= 4 is 17.7 Å². The summed E-state index contributed by atoms with van der Waals surface area (Å²) in [7, 11) is 0. The fourth-order valence-electron chi connectivity index (χ4n) is 2.54. The molecule has 2 heterocycles. The number of hydrogen-bond donors (Lipinski definition) is 3. The Labute approximate surface area is 155 Å². The number of nitrogens with one attached hydrogen (secondary N) is 1. The molecule has 1 atom stereocenters. The summed E-state index contributed by atoms with van der Waals surface area (Å²) < 4.78 is 0. The molecule has 1 aromatic carbocycles. The second-order valence-corrected chi connectivity index (χ2v) is 6.82. The number of carboxylic acids is 1. The second kappa shape index (κ2) is 8.59. The molecule has 0 saturated heterocycles. The van der Waals surface area contributed by atoms with Crippen molar-refractivity contribution in [2.75, 3.05) is 0 Å². The van der Waals surface area contributed by atoms with E-state index in [1.165, 1.54) is 11.8 Å². The molecule has 3 aromatic rings. The van der Waals surface area contributed by atoms with E-state index in [0.29, 0.717) is 17.4 Å². The van der Waals surface area contributed by atoms with E-state index < -0.39 is 5.97 Å². The predicted octanol–water partition coefficient (Wildman–Crippen LogP) is 2.50. The van der Waals surface area contributed by atoms with Gasteiger partial charge in [0.05, 0.1) is 6.42 Å². The van der Waals surface area contributed by atoms with Crippen molar-refractivity contribution < 1.29 is 9.90 Å². The lowest BCUT2D eigenvalue weighted by atomic mass is 10.0. The fourth-order valence-corrected chi connectivity index (χ4v) is 3.28. The van der Waals surface area contributed by atoms with Gasteiger partial charge in [-0.25, -0.2) is 4.98 Å². The predicted molar refractivity (Wildman–Crippen MR) is 99.5 cm³/mol. The van der Waals surface area contributed by atoms with Crippen molar-refractivity contribution in [1.82, 2.24) is 20.2 Å². The maximum atomic E-state index is 10.7. The number of aromatic amines is 1. The van der Waals surface area contributed by atoms with Gasteiger partial charge in [-0.15, -0.1) is 5.10 Å². The number of thioether (sulfide) groups is 1. The molecule has 4 N–H and O–H groups in total. The summed E-state index contributed by atoms with van der Waals surface area (Å²) in [5.74, 6) is 0.553. The third-order valence-electron chi connectivity index (χ3n) is 3.71. The Morgan fingerprint density at radius 3 is 2.77 bits per heavy atom. The van der Waals surface area contributed by atoms with Crippen LogP contribution < -0.4 is 5.73 Å². The van der Waals surface area contributed by atoms with Crippen LogP contribution in [-0.2, 0) is 17.0 Å². The van der Waals surface area contributed by atoms with Crippen LogP contribution in [0.1, 0.15) is 17.5 Å². The standard InChI is InChI=1S/C18H19N5O2S/c19-15(10-16(24)25)9-12-2-1-3-13(8-12)11-26-18-21-17(22-23-18)14-4-6-20-7-5-14/h1-8,15H,9-11,19H2,(H,24,25)(H,21,22,23). The lowest BCUT2D eigenvalue weighted by Gasteiger charge is -2.10. The minimum atomic E-state index is -0.876. The summed E-state index contributed by atoms with van der Waals surface area (Å²) in [4.78, 5) is 19.2. The summed E-state index contributed by atoms with van der Waals surface area (Å²) >= 11 is 1.53. The zero-order valence-corrected chi connectivity index (χ0v) is 14.8. The normalized spacial score (nSPS) is 12.0. The first-order valence-electron chi connectivity index (χ1n) is 8.11. The zero-order valence-electron chi connectivity index (χ0n) is 14.0. The fraction of sp³-hybridized carbons (Fsp3) is 0.222. The van der Waals surface area contributed by atoms with E-state index in [1.807, 2.05) is 36.4 Å². The number of benzene rings is 1. The molecule has 3 rings (SSSR count). The van der Waals surface area contributed by atoms with Crippen molar-refractivity contribution in [2.24, 2.45) is 5.73 Å². The van der Waals surface area contributed by atoms with Gasteiger partial charge in [0.25, 0.3) is 0 Å². The van der Waals surface area contributed by atoms with Gasteiger partial charge in [0, 0.05) is 29.8 Å². The monoisotopic (exact) mass is 369 g/mol. The molecule has 0 fully saturated rings. The van der Waals surface area contributed by atoms with Gasteiger partial charge in [-0.2, -0.15) is 0 Å². The van der Waals surface area contributed by atoms with Crippen LogP contribution in [0.25, 0.3) is 11.4 Å². The summed E-state index contributed by atoms with van der Waals surface area (Å²) in [6.45, 7) is 0. The number of carbonyl (C=O) groups is 1. The van der Waals surface area contributed by atoms with Crippen LogP contribution in [0, 0.1) is 0 Å². The van der Waals surface area contributed by atoms with E-state index in [1.54, 1.807) is 12.4 Å². The Kier molecular flexibility index (Phi) is 5.98. The maximum absolute atomic E-state index is 10.7. The van der Waals surface area contributed by atoms with Crippen LogP contribution in [0.5, 0.6) is 0 Å². The van der Waals surface area contributed by atoms with Crippen LogP contribution in [0.2, 0.25) is 0 Å². The molecule has 7 nitrogen and oxygen atoms in total. The Morgan fingerprint density at radius 1 is 1.23 bits per heavy atom. The SMILES string of the molecule is NC(CC(=O)O)Cc1cccc(CSc2n[nH]c(-c3ccncc3)n2)c1. The third-order valence-corrected chi connectivity index (χ3v) is 4.63. The van der Waals surface area contributed by atoms with Gasteiger partial charge in [-0.05, 0) is 29.7 Å². The molecule has 0 aliphatic heterocycles. The third kappa shape index (κ3) is 5.14. The first kappa shape index (κ1) is 18.1. The lowest BCUT2D eigenvalue weighted by molar-refractivity contribution is -0.137. The summed E-state index contributed by atoms with van der Waals surface area (Å²) in [5.41, 5.74) is 8.95. The molecule has 0 spiro atoms. The van der Waals surface area contributed by atoms with E-state index in [9.17, 15) is 4.79 Å². The minimum absolute atomic E-state index is 0.0338. The molecule has 1 unspecified atom stereocenters. The Hall–Kier alpha value is -2.71. The highest BCUT2D eigenvalue weighted by Crippen LogP contribution is 2.22. The van der Waals surface area contributed by atoms with Gasteiger partial charge in [0.1, 0.15) is 0 Å². The smallest absolute Gasteiger partial charge is 0.304 e. The van der Waals surface area contributed by atoms with Crippen LogP contribution in [-0.4, -0.2) is 37.3 Å². The van der Waals surface area contributed by atoms with E-state index >= 15 is 0 Å². The van der Waals surface area contributed by atoms with Gasteiger partial charge in [-0.1, -0.05) is 36.0 Å². The first-order chi connectivity index (χ1) is 12.6. The summed E-state index contributed by atoms with van der Waals surface area (Å²) in [5, 5.41) is 16.6. The highest BCUT2D eigenvalue weighted by molar-refractivity contribution is 7.98. The highest BCUT2D eigenvalue weighted by atomic mass is 32.2. The van der Waals surface area contributed by atoms with E-state index in [-0.39, 0.29) is 12.5 Å². The van der Waals surface area contributed by atoms with E-state index in [4.69, 9.17) is 10.8 Å². The van der Waals surface area contributed by atoms with Crippen molar-refractivity contribution in [3.8, 4) is 11.4 Å². The molecular formula is C18H19N5O2S. The van der Waals surface area contributed by atoms with E-state index in [2.05, 4.69) is 20.2 Å². The minimum Gasteiger partial charge on any atom is -0.481 e. The number of aliphatic carboxylic acids is 1. The van der Waals surface area contributed by atoms with Crippen molar-refractivity contribution in [2.45, 2.75) is 29.8 Å². The molecule has 0 radical (unpaired) electrons. The van der Waals surface area contributed by atoms with Crippen molar-refractivity contribution in [1.29, 1.82) is 0 Å². The molecule has 0 aliphatic rings. The lowest BCUT2D eigenvalue weighted by Crippen LogP contribution is -2.26. The highest BCUT2D eigenvalue weighted by Gasteiger charge is 2.10. The van der Waals surface area contributed by atoms with Gasteiger partial charge < -0.3 is 10.8 Å². The van der Waals surface area contributed by atoms with Gasteiger partial charge in [0.2, 0.25) is 5.16 Å². The molecule has 0 saturated carbocycles. The number of pyridine rings is 1. The average Bonchev–Trinajstić information content (AvgIpc) is 3.09. The molecule has 134 valence electrons. The summed E-state index contributed by atoms with van der Waals surface area (Å²) in [6, 6.07) is 11.4. The number of hydrogen-bond acceptors (Lipinski definition) is 6. The van der Waals surface area contributed by atoms with Crippen LogP contribution >= 0.6 is 11.8 Å². The molecule has 0 amide bonds. The topological polar surface area (TPSA) is 118 Å². The molecule has 26 heavy (non-hydrogen) atoms. The second-order valence-electron chi connectivity index (χ2n) is 5.87. The number of aromatic nitrogens is 4. The van der Waals surface area contributed by atoms with Crippen molar-refractivity contribution in [3.05, 3.63) is 59.9 Å². The van der Waals surface area contributed by atoms with Gasteiger partial charge in [0.15, 0.2) is 5.82 Å². The maximum Gasteiger partial charge on any atom is 0.304 e. The number of nitrogens with two attached hydrogens (primary N) is 1. The Bertz CT molecular complexity index is 869. The van der Waals surface area contributed by atoms with Crippen LogP contribution in [0.3, 0.4) is 0 Å². The molecular weight excluding hydrogens is 350 g/mol.